The summed E-state index contributed by atoms with van der Waals surface area (Å²) in [5.74, 6) is -0.245. The summed E-state index contributed by atoms with van der Waals surface area (Å²) in [6.45, 7) is 6.82. The number of hydrogen-bond acceptors (Lipinski definition) is 3. The number of ketones is 1. The Morgan fingerprint density at radius 2 is 2.10 bits per heavy atom. The molecular weight excluding hydrogens is 263 g/mol. The van der Waals surface area contributed by atoms with Gasteiger partial charge in [0.05, 0.1) is 14.4 Å². The summed E-state index contributed by atoms with van der Waals surface area (Å²) in [4.78, 5) is 24.7. The topological polar surface area (TPSA) is 63.4 Å². The van der Waals surface area contributed by atoms with E-state index in [4.69, 9.17) is 13.6 Å². The van der Waals surface area contributed by atoms with E-state index in [1.807, 2.05) is 13.0 Å². The summed E-state index contributed by atoms with van der Waals surface area (Å²) < 4.78 is 0. The minimum Gasteiger partial charge on any atom is -0.334 e. The van der Waals surface area contributed by atoms with Gasteiger partial charge in [-0.2, -0.15) is 0 Å². The molecule has 1 unspecified atom stereocenters. The quantitative estimate of drug-likeness (QED) is 0.303. The second-order valence-electron chi connectivity index (χ2n) is 4.98. The van der Waals surface area contributed by atoms with Gasteiger partial charge < -0.3 is 10.6 Å². The fraction of sp³-hybridized carbons (Fsp3) is 0.562. The number of hydrogen-bond donors (Lipinski definition) is 1. The van der Waals surface area contributed by atoms with Crippen LogP contribution in [0.2, 0.25) is 6.32 Å². The molecule has 0 aliphatic carbocycles. The number of rotatable bonds is 9. The number of amides is 1. The van der Waals surface area contributed by atoms with Gasteiger partial charge in [0.25, 0.3) is 0 Å². The molecule has 4 nitrogen and oxygen atoms in total. The Bertz CT molecular complexity index is 438. The molecule has 1 atom stereocenters. The zero-order valence-corrected chi connectivity index (χ0v) is 13.3. The summed E-state index contributed by atoms with van der Waals surface area (Å²) in [5.41, 5.74) is 9.59. The molecule has 0 aromatic heterocycles. The summed E-state index contributed by atoms with van der Waals surface area (Å²) in [6.07, 6.45) is 6.21. The van der Waals surface area contributed by atoms with Crippen LogP contribution < -0.4 is 5.73 Å². The predicted octanol–water partition coefficient (Wildman–Crippen LogP) is 1.63. The molecule has 5 heteroatoms. The lowest BCUT2D eigenvalue weighted by atomic mass is 10.0. The van der Waals surface area contributed by atoms with Crippen LogP contribution in [0.25, 0.3) is 0 Å². The van der Waals surface area contributed by atoms with E-state index >= 15 is 0 Å². The van der Waals surface area contributed by atoms with E-state index < -0.39 is 0 Å². The van der Waals surface area contributed by atoms with Gasteiger partial charge in [0.2, 0.25) is 5.91 Å². The van der Waals surface area contributed by atoms with Crippen LogP contribution in [0.5, 0.6) is 0 Å². The number of nitrogens with zero attached hydrogens (tertiary/aromatic N) is 1. The molecule has 0 aromatic rings. The highest BCUT2D eigenvalue weighted by atomic mass is 16.2. The van der Waals surface area contributed by atoms with E-state index in [-0.39, 0.29) is 30.5 Å². The summed E-state index contributed by atoms with van der Waals surface area (Å²) in [6, 6.07) is 0. The molecule has 0 fully saturated rings. The van der Waals surface area contributed by atoms with Crippen molar-refractivity contribution in [2.24, 2.45) is 11.7 Å². The second kappa shape index (κ2) is 11.1. The van der Waals surface area contributed by atoms with Crippen LogP contribution in [-0.2, 0) is 9.59 Å². The fourth-order valence-corrected chi connectivity index (χ4v) is 1.72. The standard InChI is InChI=1S/C16H25BN2O2/c1-4-13(2)10-14(3)6-5-7-15(20)12-19(9-8-18)16(21)11-17/h6-7,10,14H,4,8-9,11-12,18H2,1-3H3/b13-10+. The normalized spacial score (nSPS) is 12.3. The van der Waals surface area contributed by atoms with Crippen LogP contribution in [0.4, 0.5) is 0 Å². The second-order valence-corrected chi connectivity index (χ2v) is 4.98. The average molecular weight is 288 g/mol. The van der Waals surface area contributed by atoms with Crippen LogP contribution >= 0.6 is 0 Å². The van der Waals surface area contributed by atoms with Crippen molar-refractivity contribution < 1.29 is 9.59 Å². The van der Waals surface area contributed by atoms with Gasteiger partial charge in [-0.1, -0.05) is 25.5 Å². The van der Waals surface area contributed by atoms with Crippen molar-refractivity contribution in [1.82, 2.24) is 4.90 Å². The number of carbonyl (C=O) groups is 2. The first kappa shape index (κ1) is 19.4. The summed E-state index contributed by atoms with van der Waals surface area (Å²) in [7, 11) is 5.30. The van der Waals surface area contributed by atoms with Gasteiger partial charge in [0.1, 0.15) is 0 Å². The minimum atomic E-state index is -0.277. The van der Waals surface area contributed by atoms with Gasteiger partial charge in [0.15, 0.2) is 5.78 Å². The Labute approximate surface area is 129 Å². The minimum absolute atomic E-state index is 0.00766. The van der Waals surface area contributed by atoms with E-state index in [1.54, 1.807) is 0 Å². The first-order valence-corrected chi connectivity index (χ1v) is 7.25. The molecular formula is C16H25BN2O2. The zero-order chi connectivity index (χ0) is 16.3. The van der Waals surface area contributed by atoms with Crippen molar-refractivity contribution in [2.45, 2.75) is 33.5 Å². The van der Waals surface area contributed by atoms with Crippen LogP contribution in [0.3, 0.4) is 0 Å². The maximum absolute atomic E-state index is 11.8. The molecule has 0 aliphatic heterocycles. The Kier molecular flexibility index (Phi) is 10.3. The van der Waals surface area contributed by atoms with Crippen molar-refractivity contribution in [1.29, 1.82) is 0 Å². The smallest absolute Gasteiger partial charge is 0.214 e. The molecule has 0 saturated carbocycles. The third-order valence-electron chi connectivity index (χ3n) is 2.98. The molecule has 0 spiro atoms. The lowest BCUT2D eigenvalue weighted by molar-refractivity contribution is -0.132. The maximum Gasteiger partial charge on any atom is 0.214 e. The summed E-state index contributed by atoms with van der Waals surface area (Å²) >= 11 is 0. The van der Waals surface area contributed by atoms with E-state index in [0.29, 0.717) is 13.1 Å². The van der Waals surface area contributed by atoms with E-state index in [2.05, 4.69) is 25.7 Å². The molecule has 0 aromatic carbocycles. The zero-order valence-electron chi connectivity index (χ0n) is 13.3. The van der Waals surface area contributed by atoms with E-state index in [9.17, 15) is 9.59 Å². The molecule has 0 saturated heterocycles. The number of allylic oxidation sites excluding steroid dienone is 2. The molecule has 0 bridgehead atoms. The molecule has 0 rings (SSSR count). The largest absolute Gasteiger partial charge is 0.334 e. The van der Waals surface area contributed by atoms with Crippen molar-refractivity contribution >= 4 is 19.5 Å². The number of nitrogens with two attached hydrogens (primary N) is 1. The van der Waals surface area contributed by atoms with Gasteiger partial charge in [-0.3, -0.25) is 9.59 Å². The van der Waals surface area contributed by atoms with Gasteiger partial charge in [-0.05, 0) is 31.7 Å². The van der Waals surface area contributed by atoms with Crippen molar-refractivity contribution in [3.05, 3.63) is 29.5 Å². The Hall–Kier alpha value is -1.58. The third kappa shape index (κ3) is 9.06. The first-order chi connectivity index (χ1) is 9.94. The monoisotopic (exact) mass is 288 g/mol. The first-order valence-electron chi connectivity index (χ1n) is 7.25. The maximum atomic E-state index is 11.8. The fourth-order valence-electron chi connectivity index (χ4n) is 1.72. The highest BCUT2D eigenvalue weighted by molar-refractivity contribution is 6.19. The van der Waals surface area contributed by atoms with E-state index in [1.165, 1.54) is 16.5 Å². The van der Waals surface area contributed by atoms with Gasteiger partial charge >= 0.3 is 0 Å². The van der Waals surface area contributed by atoms with Gasteiger partial charge in [0, 0.05) is 19.2 Å². The average Bonchev–Trinajstić information content (AvgIpc) is 2.45. The molecule has 0 aliphatic rings. The number of carbonyl (C=O) groups excluding carboxylic acids is 2. The lowest BCUT2D eigenvalue weighted by Gasteiger charge is -2.19. The highest BCUT2D eigenvalue weighted by Crippen LogP contribution is 2.06. The lowest BCUT2D eigenvalue weighted by Crippen LogP contribution is -2.38. The Balaban J connectivity index is 4.59. The molecule has 2 radical (unpaired) electrons. The Morgan fingerprint density at radius 3 is 2.62 bits per heavy atom. The predicted molar refractivity (Wildman–Crippen MR) is 87.1 cm³/mol. The molecule has 0 heterocycles. The van der Waals surface area contributed by atoms with Crippen molar-refractivity contribution in [3.63, 3.8) is 0 Å². The van der Waals surface area contributed by atoms with Gasteiger partial charge in [-0.15, -0.1) is 5.73 Å². The Morgan fingerprint density at radius 1 is 1.43 bits per heavy atom. The molecule has 1 amide bonds. The molecule has 114 valence electrons. The van der Waals surface area contributed by atoms with Crippen LogP contribution in [-0.4, -0.2) is 44.1 Å². The molecule has 21 heavy (non-hydrogen) atoms. The van der Waals surface area contributed by atoms with Crippen molar-refractivity contribution in [2.75, 3.05) is 19.6 Å². The van der Waals surface area contributed by atoms with Crippen LogP contribution in [0.15, 0.2) is 29.5 Å². The third-order valence-corrected chi connectivity index (χ3v) is 2.98. The van der Waals surface area contributed by atoms with Crippen LogP contribution in [0.1, 0.15) is 27.2 Å². The SMILES string of the molecule is [B]CC(=O)N(CCN)CC(=O)C=C=CC(C)/C=C(\C)CC. The van der Waals surface area contributed by atoms with Gasteiger partial charge in [-0.25, -0.2) is 0 Å². The summed E-state index contributed by atoms with van der Waals surface area (Å²) in [5, 5.41) is 0. The van der Waals surface area contributed by atoms with Crippen LogP contribution in [0, 0.1) is 5.92 Å². The van der Waals surface area contributed by atoms with E-state index in [0.717, 1.165) is 6.42 Å². The molecule has 2 N–H and O–H groups in total. The van der Waals surface area contributed by atoms with Crippen molar-refractivity contribution in [3.8, 4) is 0 Å². The highest BCUT2D eigenvalue weighted by Gasteiger charge is 2.12.